The summed E-state index contributed by atoms with van der Waals surface area (Å²) in [7, 11) is 0. The van der Waals surface area contributed by atoms with Gasteiger partial charge in [-0.05, 0) is 12.3 Å². The van der Waals surface area contributed by atoms with Crippen LogP contribution in [0.25, 0.3) is 0 Å². The molecule has 3 nitrogen and oxygen atoms in total. The molecule has 88 valence electrons. The predicted molar refractivity (Wildman–Crippen MR) is 64.5 cm³/mol. The highest BCUT2D eigenvalue weighted by Crippen LogP contribution is 2.12. The van der Waals surface area contributed by atoms with Gasteiger partial charge in [-0.15, -0.1) is 6.58 Å². The summed E-state index contributed by atoms with van der Waals surface area (Å²) >= 11 is 0. The van der Waals surface area contributed by atoms with Crippen LogP contribution in [0, 0.1) is 5.92 Å². The minimum Gasteiger partial charge on any atom is -0.293 e. The highest BCUT2D eigenvalue weighted by Gasteiger charge is 2.11. The quantitative estimate of drug-likeness (QED) is 0.208. The van der Waals surface area contributed by atoms with Crippen molar-refractivity contribution in [3.05, 3.63) is 50.1 Å². The molecule has 0 saturated heterocycles. The van der Waals surface area contributed by atoms with Crippen molar-refractivity contribution in [2.75, 3.05) is 0 Å². The van der Waals surface area contributed by atoms with E-state index >= 15 is 0 Å². The second kappa shape index (κ2) is 8.68. The van der Waals surface area contributed by atoms with Gasteiger partial charge in [-0.3, -0.25) is 4.89 Å². The molecule has 0 aliphatic carbocycles. The zero-order valence-electron chi connectivity index (χ0n) is 9.59. The molecule has 0 amide bonds. The zero-order valence-corrected chi connectivity index (χ0v) is 9.59. The third-order valence-corrected chi connectivity index (χ3v) is 1.89. The van der Waals surface area contributed by atoms with Gasteiger partial charge in [0.2, 0.25) is 0 Å². The van der Waals surface area contributed by atoms with Crippen LogP contribution in [-0.2, 0) is 14.6 Å². The van der Waals surface area contributed by atoms with Gasteiger partial charge in [-0.25, -0.2) is 4.79 Å². The highest BCUT2D eigenvalue weighted by molar-refractivity contribution is 5.80. The highest BCUT2D eigenvalue weighted by atomic mass is 17.2. The van der Waals surface area contributed by atoms with Crippen molar-refractivity contribution in [3.63, 3.8) is 0 Å². The van der Waals surface area contributed by atoms with Gasteiger partial charge >= 0.3 is 5.97 Å². The molecule has 0 aliphatic rings. The van der Waals surface area contributed by atoms with Crippen LogP contribution in [-0.4, -0.2) is 12.1 Å². The molecule has 0 heterocycles. The molecular formula is C13H18O3. The molecule has 2 unspecified atom stereocenters. The van der Waals surface area contributed by atoms with Crippen LogP contribution < -0.4 is 0 Å². The monoisotopic (exact) mass is 222 g/mol. The molecule has 0 spiro atoms. The van der Waals surface area contributed by atoms with Crippen molar-refractivity contribution in [2.24, 2.45) is 5.92 Å². The van der Waals surface area contributed by atoms with Gasteiger partial charge in [0.25, 0.3) is 0 Å². The Balaban J connectivity index is 4.24. The average molecular weight is 222 g/mol. The van der Waals surface area contributed by atoms with Gasteiger partial charge in [-0.1, -0.05) is 44.4 Å². The maximum atomic E-state index is 10.8. The summed E-state index contributed by atoms with van der Waals surface area (Å²) in [6, 6.07) is 0. The summed E-state index contributed by atoms with van der Waals surface area (Å²) in [6.07, 6.45) is 8.36. The van der Waals surface area contributed by atoms with E-state index in [0.29, 0.717) is 6.42 Å². The molecule has 2 atom stereocenters. The maximum Gasteiger partial charge on any atom is 0.365 e. The van der Waals surface area contributed by atoms with Crippen molar-refractivity contribution >= 4 is 5.97 Å². The Hall–Kier alpha value is -1.61. The first kappa shape index (κ1) is 14.4. The van der Waals surface area contributed by atoms with E-state index in [1.807, 2.05) is 13.0 Å². The summed E-state index contributed by atoms with van der Waals surface area (Å²) in [4.78, 5) is 20.3. The molecule has 0 bridgehead atoms. The summed E-state index contributed by atoms with van der Waals surface area (Å²) in [6.45, 7) is 12.5. The van der Waals surface area contributed by atoms with Crippen molar-refractivity contribution < 1.29 is 14.6 Å². The average Bonchev–Trinajstić information content (AvgIpc) is 2.31. The minimum atomic E-state index is -0.608. The third kappa shape index (κ3) is 6.79. The molecular weight excluding hydrogens is 204 g/mol. The second-order valence-corrected chi connectivity index (χ2v) is 3.31. The van der Waals surface area contributed by atoms with Crippen LogP contribution in [0.15, 0.2) is 50.1 Å². The Morgan fingerprint density at radius 2 is 2.06 bits per heavy atom. The van der Waals surface area contributed by atoms with E-state index in [1.54, 1.807) is 18.2 Å². The SMILES string of the molecule is C=C/C=C\C(CC(C)C=C)OOC(=O)C=C. The third-order valence-electron chi connectivity index (χ3n) is 1.89. The van der Waals surface area contributed by atoms with Gasteiger partial charge in [0.1, 0.15) is 6.10 Å². The summed E-state index contributed by atoms with van der Waals surface area (Å²) in [5.74, 6) is -0.342. The smallest absolute Gasteiger partial charge is 0.293 e. The number of hydrogen-bond acceptors (Lipinski definition) is 3. The van der Waals surface area contributed by atoms with Crippen LogP contribution in [0.1, 0.15) is 13.3 Å². The number of carbonyl (C=O) groups excluding carboxylic acids is 1. The fraction of sp³-hybridized carbons (Fsp3) is 0.308. The zero-order chi connectivity index (χ0) is 12.4. The minimum absolute atomic E-state index is 0.266. The number of carbonyl (C=O) groups is 1. The largest absolute Gasteiger partial charge is 0.365 e. The summed E-state index contributed by atoms with van der Waals surface area (Å²) in [5, 5.41) is 0. The van der Waals surface area contributed by atoms with Gasteiger partial charge in [0.05, 0.1) is 0 Å². The Bertz CT molecular complexity index is 279. The Morgan fingerprint density at radius 1 is 1.38 bits per heavy atom. The Labute approximate surface area is 96.7 Å². The van der Waals surface area contributed by atoms with Crippen LogP contribution in [0.2, 0.25) is 0 Å². The molecule has 0 aromatic rings. The van der Waals surface area contributed by atoms with Crippen LogP contribution >= 0.6 is 0 Å². The lowest BCUT2D eigenvalue weighted by Crippen LogP contribution is -2.15. The van der Waals surface area contributed by atoms with E-state index < -0.39 is 5.97 Å². The van der Waals surface area contributed by atoms with Crippen LogP contribution in [0.5, 0.6) is 0 Å². The van der Waals surface area contributed by atoms with E-state index in [1.165, 1.54) is 0 Å². The van der Waals surface area contributed by atoms with Crippen molar-refractivity contribution in [1.29, 1.82) is 0 Å². The lowest BCUT2D eigenvalue weighted by atomic mass is 10.0. The standard InChI is InChI=1S/C13H18O3/c1-5-8-9-12(10-11(4)6-2)15-16-13(14)7-3/h5-9,11-12H,1-3,10H2,4H3/b9-8-. The molecule has 0 fully saturated rings. The van der Waals surface area contributed by atoms with Crippen LogP contribution in [0.4, 0.5) is 0 Å². The molecule has 0 radical (unpaired) electrons. The first-order chi connectivity index (χ1) is 7.63. The Morgan fingerprint density at radius 3 is 2.56 bits per heavy atom. The normalized spacial score (nSPS) is 14.1. The first-order valence-corrected chi connectivity index (χ1v) is 5.05. The fourth-order valence-corrected chi connectivity index (χ4v) is 0.958. The first-order valence-electron chi connectivity index (χ1n) is 5.05. The Kier molecular flexibility index (Phi) is 7.81. The second-order valence-electron chi connectivity index (χ2n) is 3.31. The summed E-state index contributed by atoms with van der Waals surface area (Å²) < 4.78 is 0. The number of allylic oxidation sites excluding steroid dienone is 3. The molecule has 16 heavy (non-hydrogen) atoms. The van der Waals surface area contributed by atoms with E-state index in [4.69, 9.17) is 4.89 Å². The lowest BCUT2D eigenvalue weighted by Gasteiger charge is -2.14. The van der Waals surface area contributed by atoms with Gasteiger partial charge in [-0.2, -0.15) is 4.89 Å². The topological polar surface area (TPSA) is 35.5 Å². The molecule has 0 aromatic heterocycles. The maximum absolute atomic E-state index is 10.8. The van der Waals surface area contributed by atoms with Crippen LogP contribution in [0.3, 0.4) is 0 Å². The van der Waals surface area contributed by atoms with E-state index in [0.717, 1.165) is 6.08 Å². The van der Waals surface area contributed by atoms with Gasteiger partial charge < -0.3 is 0 Å². The van der Waals surface area contributed by atoms with E-state index in [2.05, 4.69) is 24.6 Å². The lowest BCUT2D eigenvalue weighted by molar-refractivity contribution is -0.286. The van der Waals surface area contributed by atoms with E-state index in [-0.39, 0.29) is 12.0 Å². The molecule has 3 heteroatoms. The number of hydrogen-bond donors (Lipinski definition) is 0. The molecule has 0 N–H and O–H groups in total. The van der Waals surface area contributed by atoms with Gasteiger partial charge in [0.15, 0.2) is 0 Å². The predicted octanol–water partition coefficient (Wildman–Crippen LogP) is 2.97. The molecule has 0 aromatic carbocycles. The van der Waals surface area contributed by atoms with Gasteiger partial charge in [0, 0.05) is 6.08 Å². The molecule has 0 rings (SSSR count). The summed E-state index contributed by atoms with van der Waals surface area (Å²) in [5.41, 5.74) is 0. The van der Waals surface area contributed by atoms with Crippen molar-refractivity contribution in [2.45, 2.75) is 19.4 Å². The van der Waals surface area contributed by atoms with E-state index in [9.17, 15) is 4.79 Å². The fourth-order valence-electron chi connectivity index (χ4n) is 0.958. The molecule has 0 saturated carbocycles. The molecule has 0 aliphatic heterocycles. The van der Waals surface area contributed by atoms with Crippen molar-refractivity contribution in [1.82, 2.24) is 0 Å². The number of rotatable bonds is 8. The van der Waals surface area contributed by atoms with Crippen molar-refractivity contribution in [3.8, 4) is 0 Å².